The van der Waals surface area contributed by atoms with E-state index in [4.69, 9.17) is 10.2 Å². The SMILES string of the molecule is C=C(CC(=O)O)C(=O)O.CCC[CH2][Sn]([CH2]CCC)[CH2]CCC.CCC[CH2][Sn]([CH2]CCC)[CH2]CCC. The van der Waals surface area contributed by atoms with E-state index in [0.717, 1.165) is 0 Å². The zero-order valence-corrected chi connectivity index (χ0v) is 30.1. The van der Waals surface area contributed by atoms with Gasteiger partial charge in [0, 0.05) is 5.57 Å². The number of carboxylic acid groups (broad SMARTS) is 2. The molecule has 0 aliphatic rings. The third kappa shape index (κ3) is 34.3. The Bertz CT molecular complexity index is 421. The average Bonchev–Trinajstić information content (AvgIpc) is 2.83. The molecular formula is C29H60O4Sn2. The van der Waals surface area contributed by atoms with Crippen molar-refractivity contribution in [2.24, 2.45) is 0 Å². The minimum absolute atomic E-state index is 0.303. The summed E-state index contributed by atoms with van der Waals surface area (Å²) in [5.74, 6) is -2.44. The monoisotopic (exact) mass is 712 g/mol. The summed E-state index contributed by atoms with van der Waals surface area (Å²) in [5.41, 5.74) is -0.303. The molecular weight excluding hydrogens is 650 g/mol. The standard InChI is InChI=1S/C5H6O4.6C4H9.2Sn/c1-3(5(8)9)2-4(6)7;6*1-3-4-2;;/h1-2H2,(H,6,7)(H,8,9);6*1,3-4H2,2H3;;. The maximum atomic E-state index is 9.87. The van der Waals surface area contributed by atoms with Gasteiger partial charge in [-0.3, -0.25) is 4.79 Å². The van der Waals surface area contributed by atoms with Gasteiger partial charge >= 0.3 is 197 Å². The topological polar surface area (TPSA) is 74.6 Å². The molecule has 0 aliphatic heterocycles. The first kappa shape index (κ1) is 39.8. The second kappa shape index (κ2) is 32.3. The van der Waals surface area contributed by atoms with Crippen LogP contribution in [0.4, 0.5) is 0 Å². The van der Waals surface area contributed by atoms with Gasteiger partial charge in [-0.25, -0.2) is 4.79 Å². The Morgan fingerprint density at radius 1 is 0.543 bits per heavy atom. The summed E-state index contributed by atoms with van der Waals surface area (Å²) in [6.07, 6.45) is 17.2. The van der Waals surface area contributed by atoms with E-state index in [2.05, 4.69) is 48.1 Å². The third-order valence-electron chi connectivity index (χ3n) is 5.97. The predicted molar refractivity (Wildman–Crippen MR) is 159 cm³/mol. The van der Waals surface area contributed by atoms with Crippen molar-refractivity contribution in [1.29, 1.82) is 0 Å². The number of rotatable bonds is 21. The van der Waals surface area contributed by atoms with Crippen LogP contribution in [0.25, 0.3) is 0 Å². The normalized spacial score (nSPS) is 10.4. The number of carboxylic acids is 2. The van der Waals surface area contributed by atoms with Crippen LogP contribution in [-0.2, 0) is 9.59 Å². The van der Waals surface area contributed by atoms with Crippen molar-refractivity contribution in [1.82, 2.24) is 0 Å². The summed E-state index contributed by atoms with van der Waals surface area (Å²) < 4.78 is 10.1. The molecule has 0 aromatic rings. The Labute approximate surface area is 233 Å². The van der Waals surface area contributed by atoms with Gasteiger partial charge in [0.15, 0.2) is 0 Å². The van der Waals surface area contributed by atoms with Gasteiger partial charge < -0.3 is 10.2 Å². The second-order valence-corrected chi connectivity index (χ2v) is 26.7. The second-order valence-electron chi connectivity index (χ2n) is 9.60. The molecule has 2 radical (unpaired) electrons. The fourth-order valence-corrected chi connectivity index (χ4v) is 22.5. The van der Waals surface area contributed by atoms with Crippen LogP contribution in [0, 0.1) is 0 Å². The van der Waals surface area contributed by atoms with Crippen LogP contribution in [0.15, 0.2) is 12.2 Å². The molecule has 2 N–H and O–H groups in total. The fraction of sp³-hybridized carbons (Fsp3) is 0.862. The van der Waals surface area contributed by atoms with Gasteiger partial charge in [-0.15, -0.1) is 0 Å². The molecule has 0 aliphatic carbocycles. The van der Waals surface area contributed by atoms with Gasteiger partial charge in [-0.2, -0.15) is 0 Å². The Morgan fingerprint density at radius 3 is 0.886 bits per heavy atom. The molecule has 35 heavy (non-hydrogen) atoms. The van der Waals surface area contributed by atoms with Crippen molar-refractivity contribution >= 4 is 51.5 Å². The molecule has 0 unspecified atom stereocenters. The summed E-state index contributed by atoms with van der Waals surface area (Å²) in [6.45, 7) is 17.0. The van der Waals surface area contributed by atoms with Crippen LogP contribution in [0.5, 0.6) is 0 Å². The van der Waals surface area contributed by atoms with Gasteiger partial charge in [-0.1, -0.05) is 6.58 Å². The molecule has 0 bridgehead atoms. The molecule has 4 nitrogen and oxygen atoms in total. The molecule has 0 aromatic heterocycles. The first-order chi connectivity index (χ1) is 16.7. The molecule has 0 aromatic carbocycles. The minimum atomic E-state index is -1.27. The Kier molecular flexibility index (Phi) is 36.7. The molecule has 0 spiro atoms. The summed E-state index contributed by atoms with van der Waals surface area (Å²) >= 11 is -1.68. The van der Waals surface area contributed by atoms with E-state index in [1.807, 2.05) is 0 Å². The number of hydrogen-bond acceptors (Lipinski definition) is 2. The summed E-state index contributed by atoms with van der Waals surface area (Å²) in [5, 5.41) is 16.1. The average molecular weight is 710 g/mol. The van der Waals surface area contributed by atoms with Crippen LogP contribution in [-0.4, -0.2) is 61.7 Å². The molecule has 0 fully saturated rings. The van der Waals surface area contributed by atoms with E-state index in [-0.39, 0.29) is 5.57 Å². The molecule has 0 saturated heterocycles. The first-order valence-corrected chi connectivity index (χ1v) is 26.6. The molecule has 0 atom stereocenters. The molecule has 0 saturated carbocycles. The van der Waals surface area contributed by atoms with Crippen LogP contribution in [0.1, 0.15) is 125 Å². The van der Waals surface area contributed by atoms with Crippen molar-refractivity contribution in [2.45, 2.75) is 152 Å². The summed E-state index contributed by atoms with van der Waals surface area (Å²) in [7, 11) is 0. The van der Waals surface area contributed by atoms with E-state index in [1.165, 1.54) is 77.0 Å². The third-order valence-corrected chi connectivity index (χ3v) is 24.1. The van der Waals surface area contributed by atoms with Gasteiger partial charge in [-0.05, 0) is 0 Å². The van der Waals surface area contributed by atoms with Crippen LogP contribution < -0.4 is 0 Å². The predicted octanol–water partition coefficient (Wildman–Crippen LogP) is 9.86. The molecule has 6 heteroatoms. The zero-order valence-electron chi connectivity index (χ0n) is 24.4. The van der Waals surface area contributed by atoms with E-state index < -0.39 is 57.9 Å². The van der Waals surface area contributed by atoms with Crippen molar-refractivity contribution in [3.63, 3.8) is 0 Å². The summed E-state index contributed by atoms with van der Waals surface area (Å²) in [4.78, 5) is 19.7. The number of aliphatic carboxylic acids is 2. The van der Waals surface area contributed by atoms with Crippen molar-refractivity contribution in [3.05, 3.63) is 12.2 Å². The Morgan fingerprint density at radius 2 is 0.771 bits per heavy atom. The van der Waals surface area contributed by atoms with Crippen molar-refractivity contribution < 1.29 is 19.8 Å². The fourth-order valence-electron chi connectivity index (χ4n) is 3.57. The van der Waals surface area contributed by atoms with Crippen molar-refractivity contribution in [2.75, 3.05) is 0 Å². The van der Waals surface area contributed by atoms with Gasteiger partial charge in [0.25, 0.3) is 0 Å². The van der Waals surface area contributed by atoms with Gasteiger partial charge in [0.05, 0.1) is 6.42 Å². The molecule has 0 rings (SSSR count). The number of carbonyl (C=O) groups is 2. The molecule has 0 heterocycles. The molecule has 0 amide bonds. The van der Waals surface area contributed by atoms with E-state index in [1.54, 1.807) is 26.6 Å². The Hall–Kier alpha value is 0.277. The molecule has 208 valence electrons. The van der Waals surface area contributed by atoms with E-state index in [0.29, 0.717) is 0 Å². The van der Waals surface area contributed by atoms with Crippen molar-refractivity contribution in [3.8, 4) is 0 Å². The van der Waals surface area contributed by atoms with Crippen LogP contribution >= 0.6 is 0 Å². The number of hydrogen-bond donors (Lipinski definition) is 2. The van der Waals surface area contributed by atoms with Gasteiger partial charge in [0.1, 0.15) is 0 Å². The van der Waals surface area contributed by atoms with Crippen LogP contribution in [0.2, 0.25) is 26.6 Å². The quantitative estimate of drug-likeness (QED) is 0.0919. The van der Waals surface area contributed by atoms with Crippen LogP contribution in [0.3, 0.4) is 0 Å². The van der Waals surface area contributed by atoms with E-state index >= 15 is 0 Å². The first-order valence-electron chi connectivity index (χ1n) is 14.5. The van der Waals surface area contributed by atoms with E-state index in [9.17, 15) is 9.59 Å². The number of unbranched alkanes of at least 4 members (excludes halogenated alkanes) is 6. The Balaban J connectivity index is -0.000000448. The van der Waals surface area contributed by atoms with Gasteiger partial charge in [0.2, 0.25) is 0 Å². The summed E-state index contributed by atoms with van der Waals surface area (Å²) in [6, 6.07) is 0. The zero-order chi connectivity index (χ0) is 27.3. The maximum absolute atomic E-state index is 9.87.